The Kier molecular flexibility index (Phi) is 3.03. The molecule has 2 heterocycles. The largest absolute Gasteiger partial charge is 0.394 e. The van der Waals surface area contributed by atoms with E-state index < -0.39 is 0 Å². The average Bonchev–Trinajstić information content (AvgIpc) is 3.05. The number of fused-ring (bicyclic) bond motifs is 1. The maximum atomic E-state index is 12.6. The Balaban J connectivity index is 2.02. The smallest absolute Gasteiger partial charge is 0.254 e. The molecule has 1 amide bonds. The number of benzene rings is 1. The number of amides is 1. The highest BCUT2D eigenvalue weighted by Crippen LogP contribution is 2.25. The summed E-state index contributed by atoms with van der Waals surface area (Å²) in [5.74, 6) is 0.0355. The molecule has 0 saturated carbocycles. The highest BCUT2D eigenvalue weighted by Gasteiger charge is 2.29. The highest BCUT2D eigenvalue weighted by molar-refractivity contribution is 6.06. The first-order valence-corrected chi connectivity index (χ1v) is 6.68. The molecule has 1 aromatic carbocycles. The molecule has 19 heavy (non-hydrogen) atoms. The minimum atomic E-state index is -0.0218. The van der Waals surface area contributed by atoms with Crippen LogP contribution in [-0.4, -0.2) is 39.7 Å². The van der Waals surface area contributed by atoms with Crippen molar-refractivity contribution in [1.82, 2.24) is 9.47 Å². The van der Waals surface area contributed by atoms with Crippen LogP contribution in [0, 0.1) is 0 Å². The summed E-state index contributed by atoms with van der Waals surface area (Å²) in [5.41, 5.74) is 1.80. The predicted octanol–water partition coefficient (Wildman–Crippen LogP) is 1.78. The zero-order chi connectivity index (χ0) is 13.4. The lowest BCUT2D eigenvalue weighted by Gasteiger charge is -2.23. The van der Waals surface area contributed by atoms with Crippen LogP contribution in [0.4, 0.5) is 0 Å². The fourth-order valence-corrected chi connectivity index (χ4v) is 2.94. The van der Waals surface area contributed by atoms with Crippen molar-refractivity contribution in [3.05, 3.63) is 36.0 Å². The summed E-state index contributed by atoms with van der Waals surface area (Å²) in [6.45, 7) is 0.795. The van der Waals surface area contributed by atoms with E-state index in [4.69, 9.17) is 0 Å². The fourth-order valence-electron chi connectivity index (χ4n) is 2.94. The number of rotatable bonds is 2. The van der Waals surface area contributed by atoms with Crippen LogP contribution in [0.5, 0.6) is 0 Å². The highest BCUT2D eigenvalue weighted by atomic mass is 16.3. The molecule has 1 aliphatic rings. The van der Waals surface area contributed by atoms with E-state index in [1.165, 1.54) is 0 Å². The van der Waals surface area contributed by atoms with E-state index in [1.807, 2.05) is 47.0 Å². The molecule has 1 aliphatic heterocycles. The quantitative estimate of drug-likeness (QED) is 0.892. The second kappa shape index (κ2) is 4.70. The van der Waals surface area contributed by atoms with Crippen LogP contribution < -0.4 is 0 Å². The molecule has 3 rings (SSSR count). The molecule has 0 aliphatic carbocycles. The fraction of sp³-hybridized carbons (Fsp3) is 0.400. The second-order valence-corrected chi connectivity index (χ2v) is 5.14. The van der Waals surface area contributed by atoms with Gasteiger partial charge in [-0.05, 0) is 31.0 Å². The first kappa shape index (κ1) is 12.2. The molecule has 1 unspecified atom stereocenters. The average molecular weight is 258 g/mol. The van der Waals surface area contributed by atoms with Crippen LogP contribution in [0.25, 0.3) is 10.9 Å². The number of aryl methyl sites for hydroxylation is 1. The number of hydrogen-bond donors (Lipinski definition) is 1. The number of nitrogens with zero attached hydrogens (tertiary/aromatic N) is 2. The van der Waals surface area contributed by atoms with E-state index in [0.29, 0.717) is 0 Å². The SMILES string of the molecule is Cn1ccc2c(C(=O)N3CCCC3CO)cccc21. The monoisotopic (exact) mass is 258 g/mol. The lowest BCUT2D eigenvalue weighted by atomic mass is 10.1. The molecule has 1 N–H and O–H groups in total. The van der Waals surface area contributed by atoms with Crippen LogP contribution in [-0.2, 0) is 7.05 Å². The topological polar surface area (TPSA) is 45.5 Å². The first-order chi connectivity index (χ1) is 9.22. The lowest BCUT2D eigenvalue weighted by Crippen LogP contribution is -2.37. The van der Waals surface area contributed by atoms with Crippen molar-refractivity contribution >= 4 is 16.8 Å². The van der Waals surface area contributed by atoms with Crippen molar-refractivity contribution in [2.45, 2.75) is 18.9 Å². The summed E-state index contributed by atoms with van der Waals surface area (Å²) in [5, 5.41) is 10.3. The van der Waals surface area contributed by atoms with Crippen LogP contribution in [0.3, 0.4) is 0 Å². The summed E-state index contributed by atoms with van der Waals surface area (Å²) in [7, 11) is 1.98. The number of aromatic nitrogens is 1. The van der Waals surface area contributed by atoms with Crippen molar-refractivity contribution < 1.29 is 9.90 Å². The Hall–Kier alpha value is -1.81. The van der Waals surface area contributed by atoms with Crippen LogP contribution in [0.15, 0.2) is 30.5 Å². The van der Waals surface area contributed by atoms with Gasteiger partial charge in [0, 0.05) is 36.3 Å². The Morgan fingerprint density at radius 2 is 2.26 bits per heavy atom. The maximum absolute atomic E-state index is 12.6. The summed E-state index contributed by atoms with van der Waals surface area (Å²) >= 11 is 0. The van der Waals surface area contributed by atoms with E-state index in [9.17, 15) is 9.90 Å². The molecule has 4 heteroatoms. The van der Waals surface area contributed by atoms with Crippen LogP contribution in [0.1, 0.15) is 23.2 Å². The molecule has 1 aromatic heterocycles. The van der Waals surface area contributed by atoms with Gasteiger partial charge in [0.15, 0.2) is 0 Å². The van der Waals surface area contributed by atoms with Crippen molar-refractivity contribution in [3.63, 3.8) is 0 Å². The first-order valence-electron chi connectivity index (χ1n) is 6.68. The van der Waals surface area contributed by atoms with Gasteiger partial charge in [-0.1, -0.05) is 6.07 Å². The van der Waals surface area contributed by atoms with Gasteiger partial charge < -0.3 is 14.6 Å². The lowest BCUT2D eigenvalue weighted by molar-refractivity contribution is 0.0679. The molecule has 1 atom stereocenters. The summed E-state index contributed by atoms with van der Waals surface area (Å²) in [6.07, 6.45) is 3.84. The Labute approximate surface area is 112 Å². The summed E-state index contributed by atoms with van der Waals surface area (Å²) in [6, 6.07) is 7.76. The molecule has 0 spiro atoms. The third-order valence-corrected chi connectivity index (χ3v) is 4.01. The van der Waals surface area contributed by atoms with Crippen molar-refractivity contribution in [2.24, 2.45) is 7.05 Å². The number of aliphatic hydroxyl groups is 1. The van der Waals surface area contributed by atoms with Gasteiger partial charge in [0.1, 0.15) is 0 Å². The van der Waals surface area contributed by atoms with Gasteiger partial charge in [-0.3, -0.25) is 4.79 Å². The molecule has 2 aromatic rings. The Morgan fingerprint density at radius 3 is 3.05 bits per heavy atom. The van der Waals surface area contributed by atoms with E-state index in [0.717, 1.165) is 35.9 Å². The van der Waals surface area contributed by atoms with Gasteiger partial charge in [0.2, 0.25) is 0 Å². The predicted molar refractivity (Wildman–Crippen MR) is 74.1 cm³/mol. The molecule has 100 valence electrons. The van der Waals surface area contributed by atoms with Crippen LogP contribution >= 0.6 is 0 Å². The van der Waals surface area contributed by atoms with Crippen LogP contribution in [0.2, 0.25) is 0 Å². The molecule has 1 fully saturated rings. The van der Waals surface area contributed by atoms with Gasteiger partial charge in [-0.2, -0.15) is 0 Å². The summed E-state index contributed by atoms with van der Waals surface area (Å²) < 4.78 is 2.01. The maximum Gasteiger partial charge on any atom is 0.254 e. The minimum absolute atomic E-state index is 0.0218. The number of carbonyl (C=O) groups is 1. The van der Waals surface area contributed by atoms with E-state index in [1.54, 1.807) is 0 Å². The summed E-state index contributed by atoms with van der Waals surface area (Å²) in [4.78, 5) is 14.5. The zero-order valence-corrected chi connectivity index (χ0v) is 11.0. The molecular weight excluding hydrogens is 240 g/mol. The van der Waals surface area contributed by atoms with E-state index in [-0.39, 0.29) is 18.6 Å². The van der Waals surface area contributed by atoms with Gasteiger partial charge in [0.05, 0.1) is 12.6 Å². The minimum Gasteiger partial charge on any atom is -0.394 e. The number of hydrogen-bond acceptors (Lipinski definition) is 2. The zero-order valence-electron chi connectivity index (χ0n) is 11.0. The number of carbonyl (C=O) groups excluding carboxylic acids is 1. The third kappa shape index (κ3) is 1.92. The normalized spacial score (nSPS) is 19.3. The molecular formula is C15H18N2O2. The third-order valence-electron chi connectivity index (χ3n) is 4.01. The van der Waals surface area contributed by atoms with Gasteiger partial charge in [-0.25, -0.2) is 0 Å². The molecule has 4 nitrogen and oxygen atoms in total. The van der Waals surface area contributed by atoms with Gasteiger partial charge in [-0.15, -0.1) is 0 Å². The Morgan fingerprint density at radius 1 is 1.42 bits per heavy atom. The number of aliphatic hydroxyl groups excluding tert-OH is 1. The molecule has 0 radical (unpaired) electrons. The van der Waals surface area contributed by atoms with E-state index >= 15 is 0 Å². The standard InChI is InChI=1S/C15H18N2O2/c1-16-9-7-12-13(5-2-6-14(12)16)15(19)17-8-3-4-11(17)10-18/h2,5-7,9,11,18H,3-4,8,10H2,1H3. The Bertz CT molecular complexity index is 618. The molecule has 1 saturated heterocycles. The van der Waals surface area contributed by atoms with E-state index in [2.05, 4.69) is 0 Å². The van der Waals surface area contributed by atoms with Gasteiger partial charge in [0.25, 0.3) is 5.91 Å². The number of likely N-dealkylation sites (tertiary alicyclic amines) is 1. The second-order valence-electron chi connectivity index (χ2n) is 5.14. The van der Waals surface area contributed by atoms with Crippen molar-refractivity contribution in [2.75, 3.05) is 13.2 Å². The molecule has 0 bridgehead atoms. The van der Waals surface area contributed by atoms with Crippen molar-refractivity contribution in [3.8, 4) is 0 Å². The van der Waals surface area contributed by atoms with Crippen molar-refractivity contribution in [1.29, 1.82) is 0 Å². The van der Waals surface area contributed by atoms with Gasteiger partial charge >= 0.3 is 0 Å².